The third kappa shape index (κ3) is 3.04. The maximum Gasteiger partial charge on any atom is 0.139 e. The number of aromatic nitrogens is 2. The van der Waals surface area contributed by atoms with Crippen LogP contribution in [0.25, 0.3) is 0 Å². The van der Waals surface area contributed by atoms with E-state index in [9.17, 15) is 0 Å². The lowest BCUT2D eigenvalue weighted by Crippen LogP contribution is -2.06. The first-order valence-electron chi connectivity index (χ1n) is 6.17. The fraction of sp³-hybridized carbons (Fsp3) is 0.286. The van der Waals surface area contributed by atoms with Crippen molar-refractivity contribution in [3.63, 3.8) is 0 Å². The van der Waals surface area contributed by atoms with Gasteiger partial charge in [-0.1, -0.05) is 22.9 Å². The summed E-state index contributed by atoms with van der Waals surface area (Å²) in [6.07, 6.45) is 0.762. The Morgan fingerprint density at radius 3 is 2.63 bits per heavy atom. The first kappa shape index (κ1) is 13.8. The monoisotopic (exact) mass is 320 g/mol. The molecule has 0 radical (unpaired) electrons. The SMILES string of the molecule is CCc1nc(N)c(C)c(Nc2ccc(Br)c(C)c2)n1. The summed E-state index contributed by atoms with van der Waals surface area (Å²) in [5.41, 5.74) is 8.94. The van der Waals surface area contributed by atoms with Crippen LogP contribution in [0, 0.1) is 13.8 Å². The number of halogens is 1. The van der Waals surface area contributed by atoms with Crippen molar-refractivity contribution in [1.29, 1.82) is 0 Å². The number of benzene rings is 1. The number of nitrogens with two attached hydrogens (primary N) is 1. The van der Waals surface area contributed by atoms with E-state index >= 15 is 0 Å². The summed E-state index contributed by atoms with van der Waals surface area (Å²) in [6, 6.07) is 6.08. The van der Waals surface area contributed by atoms with E-state index in [4.69, 9.17) is 5.73 Å². The molecule has 0 saturated carbocycles. The van der Waals surface area contributed by atoms with Crippen molar-refractivity contribution >= 4 is 33.3 Å². The molecule has 0 atom stereocenters. The molecule has 19 heavy (non-hydrogen) atoms. The summed E-state index contributed by atoms with van der Waals surface area (Å²) in [7, 11) is 0. The average molecular weight is 321 g/mol. The number of hydrogen-bond donors (Lipinski definition) is 2. The molecular formula is C14H17BrN4. The molecule has 1 aromatic heterocycles. The second kappa shape index (κ2) is 5.57. The van der Waals surface area contributed by atoms with Gasteiger partial charge in [0.05, 0.1) is 0 Å². The van der Waals surface area contributed by atoms with Crippen molar-refractivity contribution in [2.75, 3.05) is 11.1 Å². The quantitative estimate of drug-likeness (QED) is 0.904. The molecule has 0 aliphatic rings. The molecule has 2 rings (SSSR count). The molecule has 0 fully saturated rings. The fourth-order valence-corrected chi connectivity index (χ4v) is 1.97. The Balaban J connectivity index is 2.37. The molecule has 1 aromatic carbocycles. The number of rotatable bonds is 3. The van der Waals surface area contributed by atoms with Gasteiger partial charge >= 0.3 is 0 Å². The van der Waals surface area contributed by atoms with Crippen LogP contribution in [0.15, 0.2) is 22.7 Å². The smallest absolute Gasteiger partial charge is 0.139 e. The predicted octanol–water partition coefficient (Wildman–Crippen LogP) is 3.74. The first-order valence-corrected chi connectivity index (χ1v) is 6.96. The number of anilines is 3. The highest BCUT2D eigenvalue weighted by Crippen LogP contribution is 2.25. The summed E-state index contributed by atoms with van der Waals surface area (Å²) in [5.74, 6) is 2.05. The highest BCUT2D eigenvalue weighted by atomic mass is 79.9. The van der Waals surface area contributed by atoms with E-state index in [2.05, 4.69) is 37.3 Å². The molecule has 0 unspecified atom stereocenters. The van der Waals surface area contributed by atoms with E-state index in [1.807, 2.05) is 32.9 Å². The third-order valence-electron chi connectivity index (χ3n) is 2.97. The van der Waals surface area contributed by atoms with Crippen molar-refractivity contribution in [1.82, 2.24) is 9.97 Å². The lowest BCUT2D eigenvalue weighted by Gasteiger charge is -2.12. The molecular weight excluding hydrogens is 304 g/mol. The Hall–Kier alpha value is -1.62. The maximum absolute atomic E-state index is 5.91. The summed E-state index contributed by atoms with van der Waals surface area (Å²) in [5, 5.41) is 3.30. The lowest BCUT2D eigenvalue weighted by atomic mass is 10.2. The predicted molar refractivity (Wildman–Crippen MR) is 82.7 cm³/mol. The topological polar surface area (TPSA) is 63.8 Å². The molecule has 5 heteroatoms. The Morgan fingerprint density at radius 2 is 2.00 bits per heavy atom. The second-order valence-electron chi connectivity index (χ2n) is 4.44. The van der Waals surface area contributed by atoms with Gasteiger partial charge in [0.2, 0.25) is 0 Å². The average Bonchev–Trinajstić information content (AvgIpc) is 2.39. The van der Waals surface area contributed by atoms with Crippen LogP contribution in [-0.4, -0.2) is 9.97 Å². The van der Waals surface area contributed by atoms with E-state index in [1.54, 1.807) is 0 Å². The largest absolute Gasteiger partial charge is 0.383 e. The minimum atomic E-state index is 0.531. The Bertz CT molecular complexity index is 611. The molecule has 0 aliphatic heterocycles. The van der Waals surface area contributed by atoms with Crippen LogP contribution in [0.4, 0.5) is 17.3 Å². The van der Waals surface area contributed by atoms with Gasteiger partial charge in [-0.05, 0) is 37.6 Å². The highest BCUT2D eigenvalue weighted by molar-refractivity contribution is 9.10. The van der Waals surface area contributed by atoms with E-state index in [1.165, 1.54) is 5.56 Å². The van der Waals surface area contributed by atoms with Gasteiger partial charge in [0.15, 0.2) is 0 Å². The van der Waals surface area contributed by atoms with Gasteiger partial charge in [-0.15, -0.1) is 0 Å². The van der Waals surface area contributed by atoms with Crippen molar-refractivity contribution in [2.24, 2.45) is 0 Å². The summed E-state index contributed by atoms with van der Waals surface area (Å²) < 4.78 is 1.09. The van der Waals surface area contributed by atoms with Gasteiger partial charge in [-0.3, -0.25) is 0 Å². The Labute approximate surface area is 121 Å². The molecule has 100 valence electrons. The zero-order valence-corrected chi connectivity index (χ0v) is 12.9. The van der Waals surface area contributed by atoms with Gasteiger partial charge < -0.3 is 11.1 Å². The van der Waals surface area contributed by atoms with Crippen LogP contribution in [0.2, 0.25) is 0 Å². The first-order chi connectivity index (χ1) is 9.01. The molecule has 0 saturated heterocycles. The van der Waals surface area contributed by atoms with Crippen LogP contribution in [0.1, 0.15) is 23.9 Å². The minimum Gasteiger partial charge on any atom is -0.383 e. The van der Waals surface area contributed by atoms with Crippen LogP contribution in [0.3, 0.4) is 0 Å². The highest BCUT2D eigenvalue weighted by Gasteiger charge is 2.08. The van der Waals surface area contributed by atoms with Crippen molar-refractivity contribution in [3.05, 3.63) is 39.6 Å². The standard InChI is InChI=1S/C14H17BrN4/c1-4-12-18-13(16)9(3)14(19-12)17-10-5-6-11(15)8(2)7-10/h5-7H,4H2,1-3H3,(H3,16,17,18,19). The normalized spacial score (nSPS) is 10.5. The summed E-state index contributed by atoms with van der Waals surface area (Å²) >= 11 is 3.49. The molecule has 1 heterocycles. The molecule has 0 aliphatic carbocycles. The molecule has 4 nitrogen and oxygen atoms in total. The van der Waals surface area contributed by atoms with E-state index in [0.29, 0.717) is 5.82 Å². The molecule has 0 amide bonds. The zero-order valence-electron chi connectivity index (χ0n) is 11.3. The number of hydrogen-bond acceptors (Lipinski definition) is 4. The third-order valence-corrected chi connectivity index (χ3v) is 3.86. The number of nitrogens with one attached hydrogen (secondary N) is 1. The van der Waals surface area contributed by atoms with Gasteiger partial charge in [0, 0.05) is 22.1 Å². The molecule has 3 N–H and O–H groups in total. The number of aryl methyl sites for hydroxylation is 2. The van der Waals surface area contributed by atoms with E-state index in [-0.39, 0.29) is 0 Å². The van der Waals surface area contributed by atoms with Crippen molar-refractivity contribution in [2.45, 2.75) is 27.2 Å². The lowest BCUT2D eigenvalue weighted by molar-refractivity contribution is 0.940. The second-order valence-corrected chi connectivity index (χ2v) is 5.30. The van der Waals surface area contributed by atoms with Gasteiger partial charge in [-0.25, -0.2) is 9.97 Å². The molecule has 2 aromatic rings. The number of nitrogens with zero attached hydrogens (tertiary/aromatic N) is 2. The minimum absolute atomic E-state index is 0.531. The number of nitrogen functional groups attached to an aromatic ring is 1. The van der Waals surface area contributed by atoms with E-state index < -0.39 is 0 Å². The molecule has 0 bridgehead atoms. The zero-order chi connectivity index (χ0) is 14.0. The summed E-state index contributed by atoms with van der Waals surface area (Å²) in [6.45, 7) is 5.98. The van der Waals surface area contributed by atoms with Gasteiger partial charge in [0.25, 0.3) is 0 Å². The Kier molecular flexibility index (Phi) is 4.04. The van der Waals surface area contributed by atoms with Crippen molar-refractivity contribution < 1.29 is 0 Å². The molecule has 0 spiro atoms. The van der Waals surface area contributed by atoms with Crippen LogP contribution in [0.5, 0.6) is 0 Å². The van der Waals surface area contributed by atoms with Crippen LogP contribution in [-0.2, 0) is 6.42 Å². The maximum atomic E-state index is 5.91. The van der Waals surface area contributed by atoms with Crippen LogP contribution >= 0.6 is 15.9 Å². The van der Waals surface area contributed by atoms with Crippen molar-refractivity contribution in [3.8, 4) is 0 Å². The van der Waals surface area contributed by atoms with Crippen LogP contribution < -0.4 is 11.1 Å². The van der Waals surface area contributed by atoms with E-state index in [0.717, 1.165) is 33.8 Å². The van der Waals surface area contributed by atoms with Gasteiger partial charge in [0.1, 0.15) is 17.5 Å². The Morgan fingerprint density at radius 1 is 1.26 bits per heavy atom. The fourth-order valence-electron chi connectivity index (χ4n) is 1.72. The van der Waals surface area contributed by atoms with Gasteiger partial charge in [-0.2, -0.15) is 0 Å². The summed E-state index contributed by atoms with van der Waals surface area (Å²) in [4.78, 5) is 8.73.